The van der Waals surface area contributed by atoms with Gasteiger partial charge in [0, 0.05) is 32.7 Å². The zero-order chi connectivity index (χ0) is 21.7. The standard InChI is InChI=1S/C22H31N7O2/c1-17-24-19(27-26-17)16-28-11-13-29(14-12-28)20(30)22(9-5-6-10-22)25-21(31)23-15-18-7-3-2-4-8-18/h2-4,7-8H,5-6,9-16H2,1H3,(H2,23,25,31)(H,24,26,27). The molecule has 0 unspecified atom stereocenters. The number of aryl methyl sites for hydroxylation is 1. The molecule has 1 aliphatic heterocycles. The molecular weight excluding hydrogens is 394 g/mol. The van der Waals surface area contributed by atoms with E-state index in [0.717, 1.165) is 43.1 Å². The first kappa shape index (κ1) is 21.3. The first-order chi connectivity index (χ1) is 15.0. The molecule has 0 atom stereocenters. The van der Waals surface area contributed by atoms with Crippen LogP contribution in [-0.4, -0.2) is 68.6 Å². The normalized spacial score (nSPS) is 18.7. The summed E-state index contributed by atoms with van der Waals surface area (Å²) in [4.78, 5) is 34.6. The lowest BCUT2D eigenvalue weighted by Crippen LogP contribution is -2.62. The molecule has 1 aromatic heterocycles. The number of piperazine rings is 1. The van der Waals surface area contributed by atoms with Gasteiger partial charge in [-0.05, 0) is 25.3 Å². The van der Waals surface area contributed by atoms with Gasteiger partial charge in [-0.2, -0.15) is 5.10 Å². The number of rotatable bonds is 6. The Morgan fingerprint density at radius 3 is 2.45 bits per heavy atom. The predicted octanol–water partition coefficient (Wildman–Crippen LogP) is 1.57. The van der Waals surface area contributed by atoms with Crippen LogP contribution in [0.1, 0.15) is 42.9 Å². The Morgan fingerprint density at radius 1 is 1.10 bits per heavy atom. The van der Waals surface area contributed by atoms with Gasteiger partial charge in [-0.3, -0.25) is 14.8 Å². The summed E-state index contributed by atoms with van der Waals surface area (Å²) in [5.41, 5.74) is 0.242. The summed E-state index contributed by atoms with van der Waals surface area (Å²) in [6.07, 6.45) is 3.30. The van der Waals surface area contributed by atoms with E-state index in [1.54, 1.807) is 0 Å². The van der Waals surface area contributed by atoms with Gasteiger partial charge in [0.15, 0.2) is 5.82 Å². The molecule has 2 aromatic rings. The summed E-state index contributed by atoms with van der Waals surface area (Å²) in [5, 5.41) is 13.0. The molecule has 1 aromatic carbocycles. The van der Waals surface area contributed by atoms with Gasteiger partial charge in [0.25, 0.3) is 0 Å². The molecule has 0 spiro atoms. The van der Waals surface area contributed by atoms with Gasteiger partial charge in [0.1, 0.15) is 11.4 Å². The summed E-state index contributed by atoms with van der Waals surface area (Å²) >= 11 is 0. The summed E-state index contributed by atoms with van der Waals surface area (Å²) in [6.45, 7) is 5.85. The Balaban J connectivity index is 1.31. The highest BCUT2D eigenvalue weighted by molar-refractivity contribution is 5.91. The van der Waals surface area contributed by atoms with Crippen LogP contribution in [0.4, 0.5) is 4.79 Å². The van der Waals surface area contributed by atoms with E-state index in [1.165, 1.54) is 0 Å². The topological polar surface area (TPSA) is 106 Å². The van der Waals surface area contributed by atoms with Crippen LogP contribution in [0.5, 0.6) is 0 Å². The van der Waals surface area contributed by atoms with Crippen molar-refractivity contribution >= 4 is 11.9 Å². The number of hydrogen-bond donors (Lipinski definition) is 3. The van der Waals surface area contributed by atoms with Crippen molar-refractivity contribution in [3.05, 3.63) is 47.5 Å². The van der Waals surface area contributed by atoms with Gasteiger partial charge in [0.05, 0.1) is 6.54 Å². The molecule has 3 amide bonds. The van der Waals surface area contributed by atoms with E-state index in [1.807, 2.05) is 42.2 Å². The van der Waals surface area contributed by atoms with Crippen molar-refractivity contribution < 1.29 is 9.59 Å². The van der Waals surface area contributed by atoms with Crippen molar-refractivity contribution in [2.75, 3.05) is 26.2 Å². The van der Waals surface area contributed by atoms with Gasteiger partial charge in [-0.15, -0.1) is 0 Å². The first-order valence-electron chi connectivity index (χ1n) is 11.0. The number of hydrogen-bond acceptors (Lipinski definition) is 5. The van der Waals surface area contributed by atoms with Gasteiger partial charge in [-0.1, -0.05) is 43.2 Å². The third kappa shape index (κ3) is 5.22. The second kappa shape index (κ2) is 9.47. The molecule has 0 bridgehead atoms. The molecule has 1 saturated carbocycles. The van der Waals surface area contributed by atoms with Crippen LogP contribution in [-0.2, 0) is 17.9 Å². The molecule has 2 aliphatic rings. The van der Waals surface area contributed by atoms with Crippen LogP contribution >= 0.6 is 0 Å². The molecule has 31 heavy (non-hydrogen) atoms. The van der Waals surface area contributed by atoms with E-state index in [-0.39, 0.29) is 11.9 Å². The molecule has 0 radical (unpaired) electrons. The summed E-state index contributed by atoms with van der Waals surface area (Å²) in [7, 11) is 0. The SMILES string of the molecule is Cc1nc(CN2CCN(C(=O)C3(NC(=O)NCc4ccccc4)CCCC3)CC2)n[nH]1. The minimum Gasteiger partial charge on any atom is -0.338 e. The minimum absolute atomic E-state index is 0.0493. The maximum Gasteiger partial charge on any atom is 0.315 e. The number of carbonyl (C=O) groups excluding carboxylic acids is 2. The van der Waals surface area contributed by atoms with E-state index >= 15 is 0 Å². The third-order valence-electron chi connectivity index (χ3n) is 6.18. The molecule has 9 heteroatoms. The van der Waals surface area contributed by atoms with Crippen molar-refractivity contribution in [3.8, 4) is 0 Å². The van der Waals surface area contributed by atoms with E-state index in [0.29, 0.717) is 39.0 Å². The molecule has 9 nitrogen and oxygen atoms in total. The van der Waals surface area contributed by atoms with Crippen LogP contribution in [0.2, 0.25) is 0 Å². The van der Waals surface area contributed by atoms with Crippen LogP contribution < -0.4 is 10.6 Å². The highest BCUT2D eigenvalue weighted by atomic mass is 16.2. The second-order valence-electron chi connectivity index (χ2n) is 8.49. The molecule has 3 N–H and O–H groups in total. The Bertz CT molecular complexity index is 884. The van der Waals surface area contributed by atoms with Crippen LogP contribution in [0.25, 0.3) is 0 Å². The Kier molecular flexibility index (Phi) is 6.50. The average Bonchev–Trinajstić information content (AvgIpc) is 3.42. The monoisotopic (exact) mass is 425 g/mol. The molecule has 4 rings (SSSR count). The van der Waals surface area contributed by atoms with E-state index < -0.39 is 5.54 Å². The van der Waals surface area contributed by atoms with Gasteiger partial charge < -0.3 is 15.5 Å². The predicted molar refractivity (Wildman–Crippen MR) is 116 cm³/mol. The fraction of sp³-hybridized carbons (Fsp3) is 0.545. The second-order valence-corrected chi connectivity index (χ2v) is 8.49. The maximum atomic E-state index is 13.4. The number of carbonyl (C=O) groups is 2. The molecule has 166 valence electrons. The molecule has 2 heterocycles. The lowest BCUT2D eigenvalue weighted by molar-refractivity contribution is -0.139. The number of benzene rings is 1. The van der Waals surface area contributed by atoms with Crippen molar-refractivity contribution in [1.82, 2.24) is 35.6 Å². The van der Waals surface area contributed by atoms with E-state index in [4.69, 9.17) is 0 Å². The largest absolute Gasteiger partial charge is 0.338 e. The Hall–Kier alpha value is -2.94. The number of urea groups is 1. The van der Waals surface area contributed by atoms with Crippen molar-refractivity contribution in [1.29, 1.82) is 0 Å². The fourth-order valence-corrected chi connectivity index (χ4v) is 4.48. The third-order valence-corrected chi connectivity index (χ3v) is 6.18. The van der Waals surface area contributed by atoms with Crippen molar-refractivity contribution in [3.63, 3.8) is 0 Å². The number of nitrogens with one attached hydrogen (secondary N) is 3. The van der Waals surface area contributed by atoms with Crippen LogP contribution in [0, 0.1) is 6.92 Å². The van der Waals surface area contributed by atoms with Crippen LogP contribution in [0.3, 0.4) is 0 Å². The first-order valence-corrected chi connectivity index (χ1v) is 11.0. The molecule has 1 saturated heterocycles. The number of aromatic amines is 1. The zero-order valence-electron chi connectivity index (χ0n) is 18.1. The zero-order valence-corrected chi connectivity index (χ0v) is 18.1. The van der Waals surface area contributed by atoms with E-state index in [9.17, 15) is 9.59 Å². The van der Waals surface area contributed by atoms with Gasteiger partial charge in [-0.25, -0.2) is 9.78 Å². The van der Waals surface area contributed by atoms with Crippen molar-refractivity contribution in [2.45, 2.75) is 51.2 Å². The lowest BCUT2D eigenvalue weighted by atomic mass is 9.95. The summed E-state index contributed by atoms with van der Waals surface area (Å²) in [6, 6.07) is 9.49. The molecule has 2 fully saturated rings. The Morgan fingerprint density at radius 2 is 1.81 bits per heavy atom. The highest BCUT2D eigenvalue weighted by Gasteiger charge is 2.45. The average molecular weight is 426 g/mol. The number of H-pyrrole nitrogens is 1. The summed E-state index contributed by atoms with van der Waals surface area (Å²) < 4.78 is 0. The van der Waals surface area contributed by atoms with Gasteiger partial charge >= 0.3 is 6.03 Å². The summed E-state index contributed by atoms with van der Waals surface area (Å²) in [5.74, 6) is 1.64. The smallest absolute Gasteiger partial charge is 0.315 e. The maximum absolute atomic E-state index is 13.4. The molecule has 1 aliphatic carbocycles. The van der Waals surface area contributed by atoms with Gasteiger partial charge in [0.2, 0.25) is 5.91 Å². The lowest BCUT2D eigenvalue weighted by Gasteiger charge is -2.39. The Labute approximate surface area is 182 Å². The van der Waals surface area contributed by atoms with Crippen molar-refractivity contribution in [2.24, 2.45) is 0 Å². The highest BCUT2D eigenvalue weighted by Crippen LogP contribution is 2.32. The van der Waals surface area contributed by atoms with E-state index in [2.05, 4.69) is 30.7 Å². The molecular formula is C22H31N7O2. The minimum atomic E-state index is -0.788. The van der Waals surface area contributed by atoms with Crippen LogP contribution in [0.15, 0.2) is 30.3 Å². The fourth-order valence-electron chi connectivity index (χ4n) is 4.48. The number of aromatic nitrogens is 3. The number of nitrogens with zero attached hydrogens (tertiary/aromatic N) is 4. The number of amides is 3. The quantitative estimate of drug-likeness (QED) is 0.651.